The standard InChI is InChI=1S/C20H16N2O6S/c1-28-17-11-12-19(18(13-17)22(24)25)29(26,27)21-20(23)16-9-7-15(8-10-16)14-5-3-2-4-6-14/h2-13H,1H3,(H,21,23). The number of methoxy groups -OCH3 is 1. The molecule has 29 heavy (non-hydrogen) atoms. The smallest absolute Gasteiger partial charge is 0.293 e. The van der Waals surface area contributed by atoms with Gasteiger partial charge in [0.25, 0.3) is 21.6 Å². The Balaban J connectivity index is 1.86. The second-order valence-corrected chi connectivity index (χ2v) is 7.62. The molecule has 0 bridgehead atoms. The van der Waals surface area contributed by atoms with Crippen molar-refractivity contribution in [2.75, 3.05) is 7.11 Å². The van der Waals surface area contributed by atoms with E-state index in [2.05, 4.69) is 0 Å². The molecule has 3 aromatic carbocycles. The number of carbonyl (C=O) groups excluding carboxylic acids is 1. The fourth-order valence-corrected chi connectivity index (χ4v) is 3.80. The maximum absolute atomic E-state index is 12.6. The van der Waals surface area contributed by atoms with Crippen LogP contribution in [-0.2, 0) is 10.0 Å². The van der Waals surface area contributed by atoms with Crippen molar-refractivity contribution in [3.05, 3.63) is 88.5 Å². The summed E-state index contributed by atoms with van der Waals surface area (Å²) in [7, 11) is -3.17. The summed E-state index contributed by atoms with van der Waals surface area (Å²) in [6.07, 6.45) is 0. The molecule has 1 amide bonds. The zero-order valence-electron chi connectivity index (χ0n) is 15.2. The zero-order chi connectivity index (χ0) is 21.0. The monoisotopic (exact) mass is 412 g/mol. The van der Waals surface area contributed by atoms with E-state index in [-0.39, 0.29) is 11.3 Å². The number of ether oxygens (including phenoxy) is 1. The molecule has 1 N–H and O–H groups in total. The van der Waals surface area contributed by atoms with Crippen LogP contribution in [0.4, 0.5) is 5.69 Å². The maximum atomic E-state index is 12.6. The number of sulfonamides is 1. The summed E-state index contributed by atoms with van der Waals surface area (Å²) in [6.45, 7) is 0. The SMILES string of the molecule is COc1ccc(S(=O)(=O)NC(=O)c2ccc(-c3ccccc3)cc2)c([N+](=O)[O-])c1. The van der Waals surface area contributed by atoms with Gasteiger partial charge < -0.3 is 4.74 Å². The first-order chi connectivity index (χ1) is 13.8. The molecule has 0 fully saturated rings. The van der Waals surface area contributed by atoms with E-state index in [1.807, 2.05) is 35.1 Å². The highest BCUT2D eigenvalue weighted by Gasteiger charge is 2.28. The van der Waals surface area contributed by atoms with Crippen LogP contribution in [0.1, 0.15) is 10.4 Å². The number of hydrogen-bond donors (Lipinski definition) is 1. The molecule has 0 aliphatic carbocycles. The molecule has 0 aliphatic rings. The Labute approximate surface area is 167 Å². The van der Waals surface area contributed by atoms with Gasteiger partial charge >= 0.3 is 0 Å². The van der Waals surface area contributed by atoms with Crippen molar-refractivity contribution in [3.8, 4) is 16.9 Å². The minimum Gasteiger partial charge on any atom is -0.497 e. The molecular formula is C20H16N2O6S. The van der Waals surface area contributed by atoms with Crippen molar-refractivity contribution in [1.82, 2.24) is 4.72 Å². The Morgan fingerprint density at radius 1 is 0.966 bits per heavy atom. The predicted octanol–water partition coefficient (Wildman–Crippen LogP) is 3.39. The molecule has 0 aliphatic heterocycles. The van der Waals surface area contributed by atoms with E-state index >= 15 is 0 Å². The molecule has 0 radical (unpaired) electrons. The first kappa shape index (κ1) is 20.0. The van der Waals surface area contributed by atoms with Gasteiger partial charge in [-0.3, -0.25) is 14.9 Å². The molecule has 0 saturated carbocycles. The number of benzene rings is 3. The van der Waals surface area contributed by atoms with Crippen LogP contribution in [0.2, 0.25) is 0 Å². The van der Waals surface area contributed by atoms with E-state index in [9.17, 15) is 23.3 Å². The highest BCUT2D eigenvalue weighted by atomic mass is 32.2. The van der Waals surface area contributed by atoms with Crippen LogP contribution < -0.4 is 9.46 Å². The number of hydrogen-bond acceptors (Lipinski definition) is 6. The number of rotatable bonds is 6. The average Bonchev–Trinajstić information content (AvgIpc) is 2.73. The fourth-order valence-electron chi connectivity index (χ4n) is 2.67. The maximum Gasteiger partial charge on any atom is 0.293 e. The highest BCUT2D eigenvalue weighted by Crippen LogP contribution is 2.28. The second-order valence-electron chi connectivity index (χ2n) is 5.97. The van der Waals surface area contributed by atoms with Gasteiger partial charge in [-0.15, -0.1) is 0 Å². The van der Waals surface area contributed by atoms with E-state index in [1.54, 1.807) is 12.1 Å². The van der Waals surface area contributed by atoms with Crippen LogP contribution in [-0.4, -0.2) is 26.4 Å². The molecule has 0 aromatic heterocycles. The van der Waals surface area contributed by atoms with Crippen LogP contribution in [0, 0.1) is 10.1 Å². The molecule has 0 unspecified atom stereocenters. The van der Waals surface area contributed by atoms with Gasteiger partial charge in [0.05, 0.1) is 18.1 Å². The number of nitro benzene ring substituents is 1. The minimum atomic E-state index is -4.47. The molecule has 8 nitrogen and oxygen atoms in total. The summed E-state index contributed by atoms with van der Waals surface area (Å²) in [5.74, 6) is -0.770. The quantitative estimate of drug-likeness (QED) is 0.490. The summed E-state index contributed by atoms with van der Waals surface area (Å²) >= 11 is 0. The second kappa shape index (κ2) is 8.11. The van der Waals surface area contributed by atoms with E-state index in [0.29, 0.717) is 0 Å². The Kier molecular flexibility index (Phi) is 5.60. The first-order valence-corrected chi connectivity index (χ1v) is 9.85. The van der Waals surface area contributed by atoms with Gasteiger partial charge in [-0.05, 0) is 35.4 Å². The van der Waals surface area contributed by atoms with Gasteiger partial charge in [-0.25, -0.2) is 13.1 Å². The molecular weight excluding hydrogens is 396 g/mol. The van der Waals surface area contributed by atoms with E-state index in [1.165, 1.54) is 25.3 Å². The van der Waals surface area contributed by atoms with Gasteiger partial charge in [-0.2, -0.15) is 0 Å². The molecule has 0 atom stereocenters. The normalized spacial score (nSPS) is 10.9. The molecule has 0 spiro atoms. The van der Waals surface area contributed by atoms with Crippen molar-refractivity contribution in [2.45, 2.75) is 4.90 Å². The largest absolute Gasteiger partial charge is 0.497 e. The van der Waals surface area contributed by atoms with Crippen LogP contribution in [0.5, 0.6) is 5.75 Å². The third-order valence-electron chi connectivity index (χ3n) is 4.13. The molecule has 3 rings (SSSR count). The van der Waals surface area contributed by atoms with Gasteiger partial charge in [-0.1, -0.05) is 42.5 Å². The number of nitrogens with zero attached hydrogens (tertiary/aromatic N) is 1. The number of nitrogens with one attached hydrogen (secondary N) is 1. The van der Waals surface area contributed by atoms with E-state index < -0.39 is 31.4 Å². The Bertz CT molecular complexity index is 1160. The summed E-state index contributed by atoms with van der Waals surface area (Å²) < 4.78 is 31.9. The lowest BCUT2D eigenvalue weighted by Gasteiger charge is -2.09. The van der Waals surface area contributed by atoms with Crippen molar-refractivity contribution < 1.29 is 22.9 Å². The lowest BCUT2D eigenvalue weighted by Crippen LogP contribution is -2.31. The lowest BCUT2D eigenvalue weighted by atomic mass is 10.0. The summed E-state index contributed by atoms with van der Waals surface area (Å²) in [4.78, 5) is 22.2. The highest BCUT2D eigenvalue weighted by molar-refractivity contribution is 7.90. The topological polar surface area (TPSA) is 116 Å². The minimum absolute atomic E-state index is 0.101. The molecule has 0 heterocycles. The molecule has 148 valence electrons. The van der Waals surface area contributed by atoms with Crippen molar-refractivity contribution in [3.63, 3.8) is 0 Å². The van der Waals surface area contributed by atoms with Crippen molar-refractivity contribution >= 4 is 21.6 Å². The first-order valence-electron chi connectivity index (χ1n) is 8.37. The molecule has 0 saturated heterocycles. The summed E-state index contributed by atoms with van der Waals surface area (Å²) in [5, 5.41) is 11.2. The van der Waals surface area contributed by atoms with Gasteiger partial charge in [0.15, 0.2) is 4.90 Å². The average molecular weight is 412 g/mol. The molecule has 9 heteroatoms. The Hall–Kier alpha value is -3.72. The van der Waals surface area contributed by atoms with Crippen molar-refractivity contribution in [1.29, 1.82) is 0 Å². The van der Waals surface area contributed by atoms with Gasteiger partial charge in [0.2, 0.25) is 0 Å². The third-order valence-corrected chi connectivity index (χ3v) is 5.51. The number of amides is 1. The molecule has 3 aromatic rings. The predicted molar refractivity (Wildman–Crippen MR) is 106 cm³/mol. The van der Waals surface area contributed by atoms with Gasteiger partial charge in [0.1, 0.15) is 5.75 Å². The summed E-state index contributed by atoms with van der Waals surface area (Å²) in [6, 6.07) is 19.1. The van der Waals surface area contributed by atoms with E-state index in [4.69, 9.17) is 4.74 Å². The number of carbonyl (C=O) groups is 1. The van der Waals surface area contributed by atoms with E-state index in [0.717, 1.165) is 23.3 Å². The van der Waals surface area contributed by atoms with Crippen LogP contribution in [0.25, 0.3) is 11.1 Å². The lowest BCUT2D eigenvalue weighted by molar-refractivity contribution is -0.387. The summed E-state index contributed by atoms with van der Waals surface area (Å²) in [5.41, 5.74) is 1.21. The van der Waals surface area contributed by atoms with Gasteiger partial charge in [0, 0.05) is 5.56 Å². The Morgan fingerprint density at radius 2 is 1.59 bits per heavy atom. The van der Waals surface area contributed by atoms with Crippen molar-refractivity contribution in [2.24, 2.45) is 0 Å². The fraction of sp³-hybridized carbons (Fsp3) is 0.0500. The zero-order valence-corrected chi connectivity index (χ0v) is 16.0. The van der Waals surface area contributed by atoms with Crippen LogP contribution in [0.3, 0.4) is 0 Å². The van der Waals surface area contributed by atoms with Crippen LogP contribution in [0.15, 0.2) is 77.7 Å². The third kappa shape index (κ3) is 4.41. The number of nitro groups is 1. The Morgan fingerprint density at radius 3 is 2.17 bits per heavy atom. The van der Waals surface area contributed by atoms with Crippen LogP contribution >= 0.6 is 0 Å².